The highest BCUT2D eigenvalue weighted by molar-refractivity contribution is 7.11. The maximum Gasteiger partial charge on any atom is 0.450 e. The number of hydrogen-bond donors (Lipinski definition) is 2. The molecule has 108 valence electrons. The molecule has 2 rings (SSSR count). The van der Waals surface area contributed by atoms with Crippen molar-refractivity contribution in [3.05, 3.63) is 45.9 Å². The van der Waals surface area contributed by atoms with Gasteiger partial charge in [0.1, 0.15) is 5.01 Å². The molecule has 0 aliphatic carbocycles. The van der Waals surface area contributed by atoms with E-state index in [0.717, 1.165) is 5.56 Å². The molecule has 2 aromatic rings. The van der Waals surface area contributed by atoms with Crippen molar-refractivity contribution >= 4 is 11.3 Å². The second-order valence-corrected chi connectivity index (χ2v) is 5.22. The number of aliphatic hydroxyl groups is 2. The molecular formula is C12H11F3N2O2S. The van der Waals surface area contributed by atoms with Crippen molar-refractivity contribution in [1.82, 2.24) is 10.2 Å². The average molecular weight is 304 g/mol. The van der Waals surface area contributed by atoms with Crippen LogP contribution >= 0.6 is 11.3 Å². The van der Waals surface area contributed by atoms with Crippen molar-refractivity contribution in [2.75, 3.05) is 0 Å². The molecule has 1 aromatic heterocycles. The largest absolute Gasteiger partial charge is 0.450 e. The molecular weight excluding hydrogens is 293 g/mol. The number of alkyl halides is 3. The van der Waals surface area contributed by atoms with Gasteiger partial charge in [0.25, 0.3) is 0 Å². The number of aromatic nitrogens is 2. The summed E-state index contributed by atoms with van der Waals surface area (Å²) in [6.45, 7) is 0. The van der Waals surface area contributed by atoms with Gasteiger partial charge < -0.3 is 10.2 Å². The predicted octanol–water partition coefficient (Wildman–Crippen LogP) is 2.02. The van der Waals surface area contributed by atoms with Gasteiger partial charge in [0.05, 0.1) is 0 Å². The molecule has 0 saturated heterocycles. The first kappa shape index (κ1) is 14.9. The monoisotopic (exact) mass is 304 g/mol. The highest BCUT2D eigenvalue weighted by Gasteiger charge is 2.57. The van der Waals surface area contributed by atoms with Crippen LogP contribution in [0.1, 0.15) is 15.6 Å². The Morgan fingerprint density at radius 2 is 1.65 bits per heavy atom. The first-order valence-electron chi connectivity index (χ1n) is 5.69. The maximum absolute atomic E-state index is 12.4. The van der Waals surface area contributed by atoms with Gasteiger partial charge >= 0.3 is 12.0 Å². The van der Waals surface area contributed by atoms with Crippen molar-refractivity contribution in [1.29, 1.82) is 0 Å². The minimum Gasteiger partial charge on any atom is -0.353 e. The number of aryl methyl sites for hydroxylation is 2. The van der Waals surface area contributed by atoms with E-state index < -0.39 is 17.0 Å². The molecule has 0 aliphatic rings. The molecule has 0 fully saturated rings. The summed E-state index contributed by atoms with van der Waals surface area (Å²) < 4.78 is 37.3. The van der Waals surface area contributed by atoms with E-state index >= 15 is 0 Å². The molecule has 0 atom stereocenters. The van der Waals surface area contributed by atoms with E-state index in [2.05, 4.69) is 10.2 Å². The van der Waals surface area contributed by atoms with Gasteiger partial charge in [0.2, 0.25) is 0 Å². The minimum atomic E-state index is -5.21. The first-order valence-corrected chi connectivity index (χ1v) is 6.50. The summed E-state index contributed by atoms with van der Waals surface area (Å²) in [5, 5.41) is 24.3. The van der Waals surface area contributed by atoms with Crippen LogP contribution in [-0.4, -0.2) is 26.6 Å². The molecule has 4 nitrogen and oxygen atoms in total. The molecule has 0 spiro atoms. The van der Waals surface area contributed by atoms with E-state index in [1.165, 1.54) is 0 Å². The summed E-state index contributed by atoms with van der Waals surface area (Å²) in [5.74, 6) is -3.95. The molecule has 1 aromatic carbocycles. The normalized spacial score (nSPS) is 12.7. The Bertz CT molecular complexity index is 570. The fourth-order valence-corrected chi connectivity index (χ4v) is 2.36. The topological polar surface area (TPSA) is 66.2 Å². The number of halogens is 3. The van der Waals surface area contributed by atoms with Gasteiger partial charge in [-0.25, -0.2) is 0 Å². The van der Waals surface area contributed by atoms with Crippen LogP contribution in [0.25, 0.3) is 0 Å². The summed E-state index contributed by atoms with van der Waals surface area (Å²) >= 11 is 0.544. The third-order valence-corrected chi connectivity index (χ3v) is 3.71. The standard InChI is InChI=1S/C12H11F3N2O2S/c13-12(14,15)11(18,19)10-17-16-9(20-10)7-6-8-4-2-1-3-5-8/h1-5,18-19H,6-7H2. The zero-order chi connectivity index (χ0) is 14.8. The summed E-state index contributed by atoms with van der Waals surface area (Å²) in [7, 11) is 0. The number of hydrogen-bond acceptors (Lipinski definition) is 5. The van der Waals surface area contributed by atoms with Gasteiger partial charge in [0.15, 0.2) is 5.01 Å². The lowest BCUT2D eigenvalue weighted by Crippen LogP contribution is -2.41. The Labute approximate surface area is 116 Å². The van der Waals surface area contributed by atoms with Crippen molar-refractivity contribution in [3.63, 3.8) is 0 Å². The summed E-state index contributed by atoms with van der Waals surface area (Å²) in [5.41, 5.74) is 1.01. The summed E-state index contributed by atoms with van der Waals surface area (Å²) in [6.07, 6.45) is -4.23. The molecule has 20 heavy (non-hydrogen) atoms. The van der Waals surface area contributed by atoms with Crippen LogP contribution in [-0.2, 0) is 18.6 Å². The smallest absolute Gasteiger partial charge is 0.353 e. The van der Waals surface area contributed by atoms with E-state index in [4.69, 9.17) is 10.2 Å². The Morgan fingerprint density at radius 1 is 1.00 bits per heavy atom. The van der Waals surface area contributed by atoms with Crippen LogP contribution < -0.4 is 0 Å². The van der Waals surface area contributed by atoms with Crippen molar-refractivity contribution in [3.8, 4) is 0 Å². The Hall–Kier alpha value is -1.51. The average Bonchev–Trinajstić information content (AvgIpc) is 2.85. The number of nitrogens with zero attached hydrogens (tertiary/aromatic N) is 2. The zero-order valence-corrected chi connectivity index (χ0v) is 10.9. The van der Waals surface area contributed by atoms with E-state index in [0.29, 0.717) is 29.2 Å². The van der Waals surface area contributed by atoms with Crippen LogP contribution in [0.3, 0.4) is 0 Å². The zero-order valence-electron chi connectivity index (χ0n) is 10.1. The van der Waals surface area contributed by atoms with Crippen LogP contribution in [0, 0.1) is 0 Å². The molecule has 0 saturated carbocycles. The minimum absolute atomic E-state index is 0.320. The third kappa shape index (κ3) is 3.14. The first-order chi connectivity index (χ1) is 9.30. The molecule has 8 heteroatoms. The molecule has 2 N–H and O–H groups in total. The fraction of sp³-hybridized carbons (Fsp3) is 0.333. The maximum atomic E-state index is 12.4. The summed E-state index contributed by atoms with van der Waals surface area (Å²) in [4.78, 5) is 0. The van der Waals surface area contributed by atoms with Crippen molar-refractivity contribution < 1.29 is 23.4 Å². The third-order valence-electron chi connectivity index (χ3n) is 2.63. The van der Waals surface area contributed by atoms with Crippen LogP contribution in [0.4, 0.5) is 13.2 Å². The van der Waals surface area contributed by atoms with Crippen LogP contribution in [0.5, 0.6) is 0 Å². The SMILES string of the molecule is OC(O)(c1nnc(CCc2ccccc2)s1)C(F)(F)F. The van der Waals surface area contributed by atoms with E-state index in [9.17, 15) is 13.2 Å². The fourth-order valence-electron chi connectivity index (χ4n) is 1.51. The Balaban J connectivity index is 2.06. The van der Waals surface area contributed by atoms with Crippen molar-refractivity contribution in [2.45, 2.75) is 24.8 Å². The predicted molar refractivity (Wildman–Crippen MR) is 65.9 cm³/mol. The second-order valence-electron chi connectivity index (χ2n) is 4.16. The van der Waals surface area contributed by atoms with Gasteiger partial charge in [-0.05, 0) is 12.0 Å². The van der Waals surface area contributed by atoms with Gasteiger partial charge in [-0.3, -0.25) is 0 Å². The molecule has 0 unspecified atom stereocenters. The van der Waals surface area contributed by atoms with Crippen LogP contribution in [0.2, 0.25) is 0 Å². The van der Waals surface area contributed by atoms with Gasteiger partial charge in [0, 0.05) is 6.42 Å². The van der Waals surface area contributed by atoms with Crippen molar-refractivity contribution in [2.24, 2.45) is 0 Å². The van der Waals surface area contributed by atoms with Gasteiger partial charge in [-0.1, -0.05) is 41.7 Å². The summed E-state index contributed by atoms with van der Waals surface area (Å²) in [6, 6.07) is 9.36. The van der Waals surface area contributed by atoms with Gasteiger partial charge in [-0.15, -0.1) is 10.2 Å². The van der Waals surface area contributed by atoms with Crippen LogP contribution in [0.15, 0.2) is 30.3 Å². The van der Waals surface area contributed by atoms with E-state index in [-0.39, 0.29) is 0 Å². The number of rotatable bonds is 4. The molecule has 0 amide bonds. The Morgan fingerprint density at radius 3 is 2.25 bits per heavy atom. The van der Waals surface area contributed by atoms with E-state index in [1.54, 1.807) is 0 Å². The lowest BCUT2D eigenvalue weighted by atomic mass is 10.1. The Kier molecular flexibility index (Phi) is 4.07. The lowest BCUT2D eigenvalue weighted by Gasteiger charge is -2.20. The molecule has 0 radical (unpaired) electrons. The highest BCUT2D eigenvalue weighted by Crippen LogP contribution is 2.37. The van der Waals surface area contributed by atoms with Gasteiger partial charge in [-0.2, -0.15) is 13.2 Å². The second kappa shape index (κ2) is 5.47. The lowest BCUT2D eigenvalue weighted by molar-refractivity contribution is -0.358. The molecule has 0 bridgehead atoms. The molecule has 0 aliphatic heterocycles. The number of benzene rings is 1. The highest BCUT2D eigenvalue weighted by atomic mass is 32.1. The molecule has 1 heterocycles. The van der Waals surface area contributed by atoms with E-state index in [1.807, 2.05) is 30.3 Å². The quantitative estimate of drug-likeness (QED) is 0.848.